The lowest BCUT2D eigenvalue weighted by Crippen LogP contribution is -2.43. The lowest BCUT2D eigenvalue weighted by Gasteiger charge is -2.27. The van der Waals surface area contributed by atoms with Gasteiger partial charge in [0.2, 0.25) is 5.91 Å². The highest BCUT2D eigenvalue weighted by atomic mass is 16.1. The number of nitrogens with two attached hydrogens (primary N) is 1. The molecular weight excluding hydrogens is 236 g/mol. The van der Waals surface area contributed by atoms with E-state index in [1.807, 2.05) is 0 Å². The molecule has 3 N–H and O–H groups in total. The number of hydrogen-bond acceptors (Lipinski definition) is 2. The Morgan fingerprint density at radius 3 is 2.53 bits per heavy atom. The summed E-state index contributed by atoms with van der Waals surface area (Å²) in [4.78, 5) is 12.0. The van der Waals surface area contributed by atoms with Crippen LogP contribution in [0.4, 0.5) is 0 Å². The molecule has 0 aromatic heterocycles. The van der Waals surface area contributed by atoms with Crippen molar-refractivity contribution in [1.29, 1.82) is 0 Å². The van der Waals surface area contributed by atoms with Crippen molar-refractivity contribution < 1.29 is 4.79 Å². The van der Waals surface area contributed by atoms with Crippen LogP contribution in [0.25, 0.3) is 0 Å². The van der Waals surface area contributed by atoms with Crippen LogP contribution in [0.2, 0.25) is 0 Å². The van der Waals surface area contributed by atoms with Gasteiger partial charge in [-0.15, -0.1) is 0 Å². The minimum Gasteiger partial charge on any atom is -0.356 e. The van der Waals surface area contributed by atoms with E-state index in [-0.39, 0.29) is 17.9 Å². The highest BCUT2D eigenvalue weighted by Gasteiger charge is 2.27. The van der Waals surface area contributed by atoms with E-state index in [0.29, 0.717) is 0 Å². The molecule has 0 heterocycles. The predicted octanol–water partition coefficient (Wildman–Crippen LogP) is 3.23. The Morgan fingerprint density at radius 1 is 1.16 bits per heavy atom. The Bertz CT molecular complexity index is 253. The van der Waals surface area contributed by atoms with Crippen LogP contribution >= 0.6 is 0 Å². The lowest BCUT2D eigenvalue weighted by molar-refractivity contribution is -0.126. The number of hydrogen-bond donors (Lipinski definition) is 2. The van der Waals surface area contributed by atoms with Gasteiger partial charge in [0.05, 0.1) is 5.92 Å². The fourth-order valence-electron chi connectivity index (χ4n) is 2.86. The maximum absolute atomic E-state index is 12.0. The van der Waals surface area contributed by atoms with Crippen LogP contribution in [-0.4, -0.2) is 18.5 Å². The number of nitrogens with one attached hydrogen (secondary N) is 1. The van der Waals surface area contributed by atoms with Gasteiger partial charge in [-0.25, -0.2) is 0 Å². The molecule has 112 valence electrons. The first kappa shape index (κ1) is 16.5. The SMILES string of the molecule is CC(C)CCCCCCNC(=O)C1CCCCC1N. The third kappa shape index (κ3) is 6.95. The van der Waals surface area contributed by atoms with Crippen LogP contribution in [0.3, 0.4) is 0 Å². The highest BCUT2D eigenvalue weighted by Crippen LogP contribution is 2.22. The number of amides is 1. The van der Waals surface area contributed by atoms with Gasteiger partial charge >= 0.3 is 0 Å². The fraction of sp³-hybridized carbons (Fsp3) is 0.938. The summed E-state index contributed by atoms with van der Waals surface area (Å²) >= 11 is 0. The van der Waals surface area contributed by atoms with Crippen molar-refractivity contribution in [1.82, 2.24) is 5.32 Å². The Morgan fingerprint density at radius 2 is 1.84 bits per heavy atom. The summed E-state index contributed by atoms with van der Waals surface area (Å²) in [5.41, 5.74) is 6.02. The minimum absolute atomic E-state index is 0.0645. The van der Waals surface area contributed by atoms with E-state index < -0.39 is 0 Å². The second kappa shape index (κ2) is 9.35. The second-order valence-electron chi connectivity index (χ2n) is 6.44. The smallest absolute Gasteiger partial charge is 0.224 e. The predicted molar refractivity (Wildman–Crippen MR) is 80.9 cm³/mol. The molecule has 0 radical (unpaired) electrons. The van der Waals surface area contributed by atoms with Gasteiger partial charge < -0.3 is 11.1 Å². The zero-order valence-corrected chi connectivity index (χ0v) is 12.8. The molecule has 1 saturated carbocycles. The van der Waals surface area contributed by atoms with Crippen LogP contribution in [0.1, 0.15) is 71.6 Å². The van der Waals surface area contributed by atoms with E-state index >= 15 is 0 Å². The average Bonchev–Trinajstić information content (AvgIpc) is 2.37. The summed E-state index contributed by atoms with van der Waals surface area (Å²) in [6.45, 7) is 5.37. The molecule has 19 heavy (non-hydrogen) atoms. The van der Waals surface area contributed by atoms with Gasteiger partial charge in [-0.1, -0.05) is 52.4 Å². The van der Waals surface area contributed by atoms with Crippen molar-refractivity contribution in [2.75, 3.05) is 6.54 Å². The summed E-state index contributed by atoms with van der Waals surface area (Å²) in [5.74, 6) is 1.07. The summed E-state index contributed by atoms with van der Waals surface area (Å²) in [5, 5.41) is 3.06. The van der Waals surface area contributed by atoms with Gasteiger partial charge in [-0.2, -0.15) is 0 Å². The summed E-state index contributed by atoms with van der Waals surface area (Å²) in [7, 11) is 0. The van der Waals surface area contributed by atoms with Crippen molar-refractivity contribution in [3.05, 3.63) is 0 Å². The van der Waals surface area contributed by atoms with Crippen molar-refractivity contribution in [3.8, 4) is 0 Å². The molecule has 2 unspecified atom stereocenters. The molecule has 1 aliphatic rings. The normalized spacial score (nSPS) is 23.6. The third-order valence-electron chi connectivity index (χ3n) is 4.16. The van der Waals surface area contributed by atoms with Crippen LogP contribution in [0, 0.1) is 11.8 Å². The van der Waals surface area contributed by atoms with E-state index in [4.69, 9.17) is 5.73 Å². The monoisotopic (exact) mass is 268 g/mol. The summed E-state index contributed by atoms with van der Waals surface area (Å²) in [6, 6.07) is 0.0831. The average molecular weight is 268 g/mol. The Kier molecular flexibility index (Phi) is 8.11. The van der Waals surface area contributed by atoms with Gasteiger partial charge in [0.25, 0.3) is 0 Å². The zero-order chi connectivity index (χ0) is 14.1. The van der Waals surface area contributed by atoms with E-state index in [2.05, 4.69) is 19.2 Å². The number of rotatable bonds is 8. The first-order valence-electron chi connectivity index (χ1n) is 8.14. The van der Waals surface area contributed by atoms with Gasteiger partial charge in [0.1, 0.15) is 0 Å². The molecule has 1 aliphatic carbocycles. The number of carbonyl (C=O) groups is 1. The van der Waals surface area contributed by atoms with Crippen molar-refractivity contribution in [2.24, 2.45) is 17.6 Å². The molecule has 1 rings (SSSR count). The van der Waals surface area contributed by atoms with Crippen LogP contribution in [0.5, 0.6) is 0 Å². The molecule has 1 amide bonds. The molecule has 0 aromatic rings. The molecule has 0 spiro atoms. The first-order valence-corrected chi connectivity index (χ1v) is 8.14. The lowest BCUT2D eigenvalue weighted by atomic mass is 9.84. The van der Waals surface area contributed by atoms with Gasteiger partial charge in [0.15, 0.2) is 0 Å². The topological polar surface area (TPSA) is 55.1 Å². The number of unbranched alkanes of at least 4 members (excludes halogenated alkanes) is 3. The maximum Gasteiger partial charge on any atom is 0.224 e. The standard InChI is InChI=1S/C16H32N2O/c1-13(2)9-5-3-4-8-12-18-16(19)14-10-6-7-11-15(14)17/h13-15H,3-12,17H2,1-2H3,(H,18,19). The maximum atomic E-state index is 12.0. The molecule has 1 fully saturated rings. The molecule has 0 aliphatic heterocycles. The van der Waals surface area contributed by atoms with Gasteiger partial charge in [-0.05, 0) is 25.2 Å². The van der Waals surface area contributed by atoms with Crippen molar-refractivity contribution in [2.45, 2.75) is 77.7 Å². The quantitative estimate of drug-likeness (QED) is 0.664. The van der Waals surface area contributed by atoms with Gasteiger partial charge in [-0.3, -0.25) is 4.79 Å². The summed E-state index contributed by atoms with van der Waals surface area (Å²) in [6.07, 6.45) is 10.6. The minimum atomic E-state index is 0.0645. The van der Waals surface area contributed by atoms with Crippen molar-refractivity contribution >= 4 is 5.91 Å². The van der Waals surface area contributed by atoms with E-state index in [9.17, 15) is 4.79 Å². The Balaban J connectivity index is 2.01. The third-order valence-corrected chi connectivity index (χ3v) is 4.16. The van der Waals surface area contributed by atoms with E-state index in [0.717, 1.165) is 38.1 Å². The van der Waals surface area contributed by atoms with Gasteiger partial charge in [0, 0.05) is 12.6 Å². The molecule has 0 aromatic carbocycles. The van der Waals surface area contributed by atoms with Crippen LogP contribution < -0.4 is 11.1 Å². The van der Waals surface area contributed by atoms with E-state index in [1.54, 1.807) is 0 Å². The second-order valence-corrected chi connectivity index (χ2v) is 6.44. The van der Waals surface area contributed by atoms with Crippen LogP contribution in [-0.2, 0) is 4.79 Å². The summed E-state index contributed by atoms with van der Waals surface area (Å²) < 4.78 is 0. The number of carbonyl (C=O) groups excluding carboxylic acids is 1. The molecule has 0 bridgehead atoms. The van der Waals surface area contributed by atoms with Crippen LogP contribution in [0.15, 0.2) is 0 Å². The Labute approximate surface area is 118 Å². The fourth-order valence-corrected chi connectivity index (χ4v) is 2.86. The Hall–Kier alpha value is -0.570. The molecule has 3 nitrogen and oxygen atoms in total. The largest absolute Gasteiger partial charge is 0.356 e. The highest BCUT2D eigenvalue weighted by molar-refractivity contribution is 5.79. The zero-order valence-electron chi connectivity index (χ0n) is 12.8. The molecule has 2 atom stereocenters. The van der Waals surface area contributed by atoms with Crippen molar-refractivity contribution in [3.63, 3.8) is 0 Å². The molecule has 3 heteroatoms. The molecular formula is C16H32N2O. The van der Waals surface area contributed by atoms with E-state index in [1.165, 1.54) is 32.1 Å². The first-order chi connectivity index (χ1) is 9.11. The molecule has 0 saturated heterocycles.